The zero-order valence-electron chi connectivity index (χ0n) is 11.0. The summed E-state index contributed by atoms with van der Waals surface area (Å²) in [7, 11) is 1.26. The van der Waals surface area contributed by atoms with E-state index in [0.29, 0.717) is 17.6 Å². The highest BCUT2D eigenvalue weighted by Crippen LogP contribution is 2.42. The molecule has 0 saturated heterocycles. The number of benzene rings is 1. The SMILES string of the molecule is CC=C1Cc2cc(OCC(=O)OC)c(Cl)c(Cl)c2C1=O. The molecule has 0 spiro atoms. The van der Waals surface area contributed by atoms with Crippen molar-refractivity contribution in [2.75, 3.05) is 13.7 Å². The molecular weight excluding hydrogens is 303 g/mol. The van der Waals surface area contributed by atoms with Crippen molar-refractivity contribution in [2.45, 2.75) is 13.3 Å². The first-order valence-corrected chi connectivity index (χ1v) is 6.65. The number of ketones is 1. The Morgan fingerprint density at radius 1 is 1.40 bits per heavy atom. The summed E-state index contributed by atoms with van der Waals surface area (Å²) in [6, 6.07) is 1.64. The van der Waals surface area contributed by atoms with Crippen molar-refractivity contribution in [2.24, 2.45) is 0 Å². The average molecular weight is 315 g/mol. The minimum atomic E-state index is -0.525. The van der Waals surface area contributed by atoms with Crippen LogP contribution in [0.4, 0.5) is 0 Å². The van der Waals surface area contributed by atoms with Crippen LogP contribution < -0.4 is 4.74 Å². The Balaban J connectivity index is 2.38. The molecule has 2 rings (SSSR count). The third kappa shape index (κ3) is 2.53. The van der Waals surface area contributed by atoms with Crippen LogP contribution in [0.5, 0.6) is 5.75 Å². The van der Waals surface area contributed by atoms with Crippen molar-refractivity contribution in [3.63, 3.8) is 0 Å². The van der Waals surface area contributed by atoms with Gasteiger partial charge in [-0.3, -0.25) is 4.79 Å². The predicted molar refractivity (Wildman–Crippen MR) is 75.8 cm³/mol. The predicted octanol–water partition coefficient (Wildman–Crippen LogP) is 3.23. The maximum Gasteiger partial charge on any atom is 0.343 e. The van der Waals surface area contributed by atoms with Gasteiger partial charge in [0.1, 0.15) is 10.8 Å². The van der Waals surface area contributed by atoms with Crippen LogP contribution in [0, 0.1) is 0 Å². The molecule has 4 nitrogen and oxygen atoms in total. The molecule has 1 aromatic rings. The normalized spacial score (nSPS) is 15.4. The molecule has 1 aromatic carbocycles. The molecule has 0 atom stereocenters. The molecule has 0 amide bonds. The van der Waals surface area contributed by atoms with E-state index in [2.05, 4.69) is 4.74 Å². The number of carbonyl (C=O) groups is 2. The van der Waals surface area contributed by atoms with Gasteiger partial charge in [-0.2, -0.15) is 0 Å². The number of hydrogen-bond acceptors (Lipinski definition) is 4. The highest BCUT2D eigenvalue weighted by atomic mass is 35.5. The molecular formula is C14H12Cl2O4. The van der Waals surface area contributed by atoms with Crippen molar-refractivity contribution >= 4 is 35.0 Å². The fourth-order valence-corrected chi connectivity index (χ4v) is 2.52. The van der Waals surface area contributed by atoms with E-state index in [0.717, 1.165) is 5.56 Å². The van der Waals surface area contributed by atoms with Gasteiger partial charge in [0.15, 0.2) is 12.4 Å². The highest BCUT2D eigenvalue weighted by Gasteiger charge is 2.30. The number of methoxy groups -OCH3 is 1. The summed E-state index contributed by atoms with van der Waals surface area (Å²) < 4.78 is 9.76. The van der Waals surface area contributed by atoms with E-state index >= 15 is 0 Å². The van der Waals surface area contributed by atoms with Gasteiger partial charge in [0.05, 0.1) is 12.1 Å². The second kappa shape index (κ2) is 5.85. The summed E-state index contributed by atoms with van der Waals surface area (Å²) in [5.74, 6) is -0.372. The summed E-state index contributed by atoms with van der Waals surface area (Å²) >= 11 is 12.2. The lowest BCUT2D eigenvalue weighted by molar-refractivity contribution is -0.142. The Hall–Kier alpha value is -1.52. The molecule has 0 fully saturated rings. The molecule has 0 radical (unpaired) electrons. The number of carbonyl (C=O) groups excluding carboxylic acids is 2. The summed E-state index contributed by atoms with van der Waals surface area (Å²) in [5.41, 5.74) is 1.83. The van der Waals surface area contributed by atoms with Crippen molar-refractivity contribution in [1.82, 2.24) is 0 Å². The van der Waals surface area contributed by atoms with Crippen LogP contribution in [-0.4, -0.2) is 25.5 Å². The fraction of sp³-hybridized carbons (Fsp3) is 0.286. The molecule has 20 heavy (non-hydrogen) atoms. The summed E-state index contributed by atoms with van der Waals surface area (Å²) in [6.45, 7) is 1.53. The minimum Gasteiger partial charge on any atom is -0.480 e. The monoisotopic (exact) mass is 314 g/mol. The van der Waals surface area contributed by atoms with Gasteiger partial charge in [-0.15, -0.1) is 0 Å². The molecule has 0 saturated carbocycles. The van der Waals surface area contributed by atoms with Crippen LogP contribution in [0.2, 0.25) is 10.0 Å². The molecule has 1 aliphatic rings. The van der Waals surface area contributed by atoms with Gasteiger partial charge in [0.25, 0.3) is 0 Å². The topological polar surface area (TPSA) is 52.6 Å². The Kier molecular flexibility index (Phi) is 4.35. The molecule has 0 unspecified atom stereocenters. The molecule has 0 N–H and O–H groups in total. The van der Waals surface area contributed by atoms with Gasteiger partial charge in [-0.25, -0.2) is 4.79 Å². The third-order valence-corrected chi connectivity index (χ3v) is 3.93. The minimum absolute atomic E-state index is 0.117. The van der Waals surface area contributed by atoms with E-state index in [1.807, 2.05) is 0 Å². The Bertz CT molecular complexity index is 620. The number of esters is 1. The number of fused-ring (bicyclic) bond motifs is 1. The van der Waals surface area contributed by atoms with Crippen LogP contribution >= 0.6 is 23.2 Å². The molecule has 1 aliphatic carbocycles. The van der Waals surface area contributed by atoms with E-state index in [1.54, 1.807) is 19.1 Å². The first kappa shape index (κ1) is 14.9. The number of ether oxygens (including phenoxy) is 2. The zero-order valence-corrected chi connectivity index (χ0v) is 12.5. The molecule has 0 heterocycles. The Labute approximate surface area is 126 Å². The number of rotatable bonds is 3. The van der Waals surface area contributed by atoms with E-state index in [9.17, 15) is 9.59 Å². The number of hydrogen-bond donors (Lipinski definition) is 0. The van der Waals surface area contributed by atoms with Gasteiger partial charge in [-0.05, 0) is 18.6 Å². The van der Waals surface area contributed by atoms with Crippen molar-refractivity contribution in [1.29, 1.82) is 0 Å². The first-order valence-electron chi connectivity index (χ1n) is 5.90. The average Bonchev–Trinajstić information content (AvgIpc) is 2.77. The highest BCUT2D eigenvalue weighted by molar-refractivity contribution is 6.45. The van der Waals surface area contributed by atoms with Gasteiger partial charge >= 0.3 is 5.97 Å². The van der Waals surface area contributed by atoms with Crippen LogP contribution in [0.1, 0.15) is 22.8 Å². The standard InChI is InChI=1S/C14H12Cl2O4/c1-3-7-4-8-5-9(20-6-10(17)19-2)12(15)13(16)11(8)14(7)18/h3,5H,4,6H2,1-2H3. The molecule has 0 aliphatic heterocycles. The van der Waals surface area contributed by atoms with Gasteiger partial charge < -0.3 is 9.47 Å². The Morgan fingerprint density at radius 2 is 2.10 bits per heavy atom. The molecule has 0 aromatic heterocycles. The number of halogens is 2. The maximum absolute atomic E-state index is 12.1. The lowest BCUT2D eigenvalue weighted by atomic mass is 10.1. The smallest absolute Gasteiger partial charge is 0.343 e. The molecule has 0 bridgehead atoms. The fourth-order valence-electron chi connectivity index (χ4n) is 2.02. The summed E-state index contributed by atoms with van der Waals surface area (Å²) in [5, 5.41) is 0.283. The number of Topliss-reactive ketones (excluding diaryl/α,β-unsaturated/α-hetero) is 1. The quantitative estimate of drug-likeness (QED) is 0.635. The van der Waals surface area contributed by atoms with E-state index in [4.69, 9.17) is 27.9 Å². The maximum atomic E-state index is 12.1. The second-order valence-corrected chi connectivity index (χ2v) is 4.98. The second-order valence-electron chi connectivity index (χ2n) is 4.22. The van der Waals surface area contributed by atoms with E-state index < -0.39 is 5.97 Å². The van der Waals surface area contributed by atoms with Gasteiger partial charge in [-0.1, -0.05) is 29.3 Å². The van der Waals surface area contributed by atoms with E-state index in [-0.39, 0.29) is 28.2 Å². The lowest BCUT2D eigenvalue weighted by Gasteiger charge is -2.10. The van der Waals surface area contributed by atoms with E-state index in [1.165, 1.54) is 7.11 Å². The summed E-state index contributed by atoms with van der Waals surface area (Å²) in [6.07, 6.45) is 2.23. The van der Waals surface area contributed by atoms with Crippen molar-refractivity contribution in [3.05, 3.63) is 38.9 Å². The van der Waals surface area contributed by atoms with Gasteiger partial charge in [0.2, 0.25) is 0 Å². The van der Waals surface area contributed by atoms with Crippen LogP contribution in [-0.2, 0) is 16.0 Å². The molecule has 106 valence electrons. The largest absolute Gasteiger partial charge is 0.480 e. The van der Waals surface area contributed by atoms with Crippen LogP contribution in [0.3, 0.4) is 0 Å². The van der Waals surface area contributed by atoms with Gasteiger partial charge in [0, 0.05) is 17.6 Å². The Morgan fingerprint density at radius 3 is 2.70 bits per heavy atom. The van der Waals surface area contributed by atoms with Crippen LogP contribution in [0.15, 0.2) is 17.7 Å². The van der Waals surface area contributed by atoms with Crippen molar-refractivity contribution < 1.29 is 19.1 Å². The third-order valence-electron chi connectivity index (χ3n) is 3.08. The number of allylic oxidation sites excluding steroid dienone is 2. The zero-order chi connectivity index (χ0) is 14.9. The molecule has 6 heteroatoms. The van der Waals surface area contributed by atoms with Crippen molar-refractivity contribution in [3.8, 4) is 5.75 Å². The summed E-state index contributed by atoms with van der Waals surface area (Å²) in [4.78, 5) is 23.2. The first-order chi connectivity index (χ1) is 9.49. The van der Waals surface area contributed by atoms with Crippen LogP contribution in [0.25, 0.3) is 0 Å². The lowest BCUT2D eigenvalue weighted by Crippen LogP contribution is -2.13.